The molecule has 18 heavy (non-hydrogen) atoms. The predicted octanol–water partition coefficient (Wildman–Crippen LogP) is 1.32. The Hall–Kier alpha value is -0.940. The molecular formula is C13H24N4O. The number of hydrogen-bond acceptors (Lipinski definition) is 5. The minimum atomic E-state index is 0.595. The van der Waals surface area contributed by atoms with Crippen molar-refractivity contribution < 1.29 is 4.52 Å². The van der Waals surface area contributed by atoms with E-state index in [0.29, 0.717) is 18.0 Å². The van der Waals surface area contributed by atoms with E-state index in [0.717, 1.165) is 31.9 Å². The Bertz CT molecular complexity index is 339. The van der Waals surface area contributed by atoms with Crippen LogP contribution in [0.15, 0.2) is 10.9 Å². The molecule has 1 aromatic heterocycles. The molecule has 0 aliphatic carbocycles. The fourth-order valence-electron chi connectivity index (χ4n) is 2.55. The summed E-state index contributed by atoms with van der Waals surface area (Å²) in [6.45, 7) is 10.0. The molecule has 2 rings (SSSR count). The van der Waals surface area contributed by atoms with Crippen LogP contribution in [0.25, 0.3) is 0 Å². The van der Waals surface area contributed by atoms with E-state index in [4.69, 9.17) is 4.52 Å². The van der Waals surface area contributed by atoms with Gasteiger partial charge < -0.3 is 9.84 Å². The van der Waals surface area contributed by atoms with Gasteiger partial charge in [-0.2, -0.15) is 4.98 Å². The second kappa shape index (κ2) is 6.29. The average molecular weight is 252 g/mol. The van der Waals surface area contributed by atoms with Crippen LogP contribution >= 0.6 is 0 Å². The van der Waals surface area contributed by atoms with Gasteiger partial charge in [-0.1, -0.05) is 25.9 Å². The van der Waals surface area contributed by atoms with E-state index in [1.54, 1.807) is 0 Å². The molecule has 0 saturated carbocycles. The monoisotopic (exact) mass is 252 g/mol. The second-order valence-corrected chi connectivity index (χ2v) is 5.41. The van der Waals surface area contributed by atoms with E-state index in [1.807, 2.05) is 0 Å². The molecule has 0 amide bonds. The van der Waals surface area contributed by atoms with Crippen LogP contribution in [0.5, 0.6) is 0 Å². The van der Waals surface area contributed by atoms with E-state index >= 15 is 0 Å². The van der Waals surface area contributed by atoms with Crippen LogP contribution in [0.3, 0.4) is 0 Å². The number of nitrogens with one attached hydrogen (secondary N) is 1. The fourth-order valence-corrected chi connectivity index (χ4v) is 2.55. The molecule has 0 spiro atoms. The topological polar surface area (TPSA) is 54.2 Å². The number of nitrogens with zero attached hydrogens (tertiary/aromatic N) is 3. The summed E-state index contributed by atoms with van der Waals surface area (Å²) < 4.78 is 4.77. The maximum Gasteiger partial charge on any atom is 0.213 e. The normalized spacial score (nSPS) is 25.8. The lowest BCUT2D eigenvalue weighted by Gasteiger charge is -2.41. The largest absolute Gasteiger partial charge is 0.343 e. The molecule has 2 heterocycles. The Morgan fingerprint density at radius 3 is 3.00 bits per heavy atom. The smallest absolute Gasteiger partial charge is 0.213 e. The van der Waals surface area contributed by atoms with Gasteiger partial charge in [-0.15, -0.1) is 0 Å². The lowest BCUT2D eigenvalue weighted by Crippen LogP contribution is -2.58. The number of hydrogen-bond donors (Lipinski definition) is 1. The number of rotatable bonds is 5. The van der Waals surface area contributed by atoms with Crippen LogP contribution in [0, 0.1) is 5.92 Å². The van der Waals surface area contributed by atoms with Gasteiger partial charge in [-0.25, -0.2) is 0 Å². The summed E-state index contributed by atoms with van der Waals surface area (Å²) in [5.74, 6) is 1.49. The van der Waals surface area contributed by atoms with Gasteiger partial charge in [0.25, 0.3) is 0 Å². The molecule has 0 bridgehead atoms. The van der Waals surface area contributed by atoms with E-state index in [1.165, 1.54) is 12.8 Å². The van der Waals surface area contributed by atoms with Crippen LogP contribution in [-0.4, -0.2) is 46.8 Å². The molecule has 102 valence electrons. The summed E-state index contributed by atoms with van der Waals surface area (Å²) in [7, 11) is 0. The Morgan fingerprint density at radius 2 is 2.39 bits per heavy atom. The van der Waals surface area contributed by atoms with Crippen molar-refractivity contribution in [3.05, 3.63) is 12.2 Å². The Morgan fingerprint density at radius 1 is 1.56 bits per heavy atom. The first-order valence-electron chi connectivity index (χ1n) is 6.93. The quantitative estimate of drug-likeness (QED) is 0.856. The Kier molecular flexibility index (Phi) is 4.72. The molecule has 1 saturated heterocycles. The summed E-state index contributed by atoms with van der Waals surface area (Å²) in [6, 6.07) is 1.23. The lowest BCUT2D eigenvalue weighted by atomic mass is 9.98. The van der Waals surface area contributed by atoms with Gasteiger partial charge in [-0.3, -0.25) is 4.90 Å². The van der Waals surface area contributed by atoms with Crippen molar-refractivity contribution in [1.29, 1.82) is 0 Å². The minimum Gasteiger partial charge on any atom is -0.343 e. The van der Waals surface area contributed by atoms with Crippen LogP contribution in [0.2, 0.25) is 0 Å². The van der Waals surface area contributed by atoms with Crippen molar-refractivity contribution >= 4 is 0 Å². The van der Waals surface area contributed by atoms with Gasteiger partial charge in [0.1, 0.15) is 0 Å². The van der Waals surface area contributed by atoms with Crippen molar-refractivity contribution in [3.8, 4) is 0 Å². The van der Waals surface area contributed by atoms with Gasteiger partial charge in [0.15, 0.2) is 5.82 Å². The molecule has 1 fully saturated rings. The zero-order valence-corrected chi connectivity index (χ0v) is 11.6. The third kappa shape index (κ3) is 3.29. The highest BCUT2D eigenvalue weighted by Gasteiger charge is 2.28. The van der Waals surface area contributed by atoms with Crippen LogP contribution < -0.4 is 5.32 Å². The summed E-state index contributed by atoms with van der Waals surface area (Å²) in [6.07, 6.45) is 3.46. The first-order valence-corrected chi connectivity index (χ1v) is 6.93. The molecule has 1 aliphatic rings. The van der Waals surface area contributed by atoms with Gasteiger partial charge in [0, 0.05) is 38.1 Å². The summed E-state index contributed by atoms with van der Waals surface area (Å²) in [4.78, 5) is 6.65. The maximum absolute atomic E-state index is 4.77. The molecule has 5 nitrogen and oxygen atoms in total. The van der Waals surface area contributed by atoms with Crippen LogP contribution in [0.1, 0.15) is 33.0 Å². The average Bonchev–Trinajstić information content (AvgIpc) is 2.89. The SMILES string of the molecule is CCC1CNC(C(C)C)CN1CCc1ncon1. The minimum absolute atomic E-state index is 0.595. The molecule has 5 heteroatoms. The number of piperazine rings is 1. The third-order valence-electron chi connectivity index (χ3n) is 3.87. The van der Waals surface area contributed by atoms with E-state index in [2.05, 4.69) is 41.1 Å². The van der Waals surface area contributed by atoms with Crippen molar-refractivity contribution in [2.75, 3.05) is 19.6 Å². The van der Waals surface area contributed by atoms with Crippen molar-refractivity contribution in [2.45, 2.75) is 45.7 Å². The molecule has 1 N–H and O–H groups in total. The highest BCUT2D eigenvalue weighted by molar-refractivity contribution is 4.89. The van der Waals surface area contributed by atoms with Crippen molar-refractivity contribution in [1.82, 2.24) is 20.4 Å². The fraction of sp³-hybridized carbons (Fsp3) is 0.846. The zero-order chi connectivity index (χ0) is 13.0. The highest BCUT2D eigenvalue weighted by Crippen LogP contribution is 2.15. The van der Waals surface area contributed by atoms with Gasteiger partial charge in [0.2, 0.25) is 6.39 Å². The van der Waals surface area contributed by atoms with Crippen molar-refractivity contribution in [3.63, 3.8) is 0 Å². The van der Waals surface area contributed by atoms with Gasteiger partial charge >= 0.3 is 0 Å². The Labute approximate surface area is 109 Å². The van der Waals surface area contributed by atoms with Gasteiger partial charge in [-0.05, 0) is 12.3 Å². The zero-order valence-electron chi connectivity index (χ0n) is 11.6. The lowest BCUT2D eigenvalue weighted by molar-refractivity contribution is 0.111. The summed E-state index contributed by atoms with van der Waals surface area (Å²) in [5, 5.41) is 7.53. The van der Waals surface area contributed by atoms with Crippen LogP contribution in [-0.2, 0) is 6.42 Å². The Balaban J connectivity index is 1.89. The van der Waals surface area contributed by atoms with E-state index in [9.17, 15) is 0 Å². The first kappa shape index (κ1) is 13.5. The second-order valence-electron chi connectivity index (χ2n) is 5.41. The van der Waals surface area contributed by atoms with E-state index in [-0.39, 0.29) is 0 Å². The standard InChI is InChI=1S/C13H24N4O/c1-4-11-7-14-12(10(2)3)8-17(11)6-5-13-15-9-18-16-13/h9-12,14H,4-8H2,1-3H3. The van der Waals surface area contributed by atoms with Gasteiger partial charge in [0.05, 0.1) is 0 Å². The predicted molar refractivity (Wildman–Crippen MR) is 70.3 cm³/mol. The molecular weight excluding hydrogens is 228 g/mol. The molecule has 2 unspecified atom stereocenters. The molecule has 0 aromatic carbocycles. The molecule has 0 radical (unpaired) electrons. The van der Waals surface area contributed by atoms with E-state index < -0.39 is 0 Å². The molecule has 1 aliphatic heterocycles. The first-order chi connectivity index (χ1) is 8.70. The summed E-state index contributed by atoms with van der Waals surface area (Å²) >= 11 is 0. The van der Waals surface area contributed by atoms with Crippen LogP contribution in [0.4, 0.5) is 0 Å². The molecule has 2 atom stereocenters. The summed E-state index contributed by atoms with van der Waals surface area (Å²) in [5.41, 5.74) is 0. The third-order valence-corrected chi connectivity index (χ3v) is 3.87. The van der Waals surface area contributed by atoms with Crippen molar-refractivity contribution in [2.24, 2.45) is 5.92 Å². The maximum atomic E-state index is 4.77. The molecule has 1 aromatic rings. The highest BCUT2D eigenvalue weighted by atomic mass is 16.5. The number of aromatic nitrogens is 2.